The van der Waals surface area contributed by atoms with E-state index in [1.807, 2.05) is 0 Å². The average molecular weight is 463 g/mol. The first-order chi connectivity index (χ1) is 16.6. The molecule has 1 amide bonds. The van der Waals surface area contributed by atoms with Gasteiger partial charge in [0, 0.05) is 18.3 Å². The molecule has 0 radical (unpaired) electrons. The molecule has 34 heavy (non-hydrogen) atoms. The second-order valence-corrected chi connectivity index (χ2v) is 10.9. The van der Waals surface area contributed by atoms with Crippen LogP contribution in [-0.2, 0) is 16.8 Å². The fourth-order valence-corrected chi connectivity index (χ4v) is 7.31. The summed E-state index contributed by atoms with van der Waals surface area (Å²) in [6.07, 6.45) is 4.43. The lowest BCUT2D eigenvalue weighted by molar-refractivity contribution is -0.691. The van der Waals surface area contributed by atoms with Crippen LogP contribution in [0.1, 0.15) is 68.0 Å². The first-order valence-electron chi connectivity index (χ1n) is 13.5. The number of piperidine rings is 1. The number of nitrogens with zero attached hydrogens (tertiary/aromatic N) is 2. The molecule has 1 aromatic carbocycles. The van der Waals surface area contributed by atoms with Crippen molar-refractivity contribution in [3.63, 3.8) is 0 Å². The summed E-state index contributed by atoms with van der Waals surface area (Å²) in [4.78, 5) is 21.6. The number of aromatic nitrogens is 1. The second-order valence-electron chi connectivity index (χ2n) is 10.9. The van der Waals surface area contributed by atoms with E-state index >= 15 is 0 Å². The zero-order valence-electron chi connectivity index (χ0n) is 21.2. The third-order valence-corrected chi connectivity index (χ3v) is 9.16. The van der Waals surface area contributed by atoms with Gasteiger partial charge >= 0.3 is 0 Å². The summed E-state index contributed by atoms with van der Waals surface area (Å²) in [5.41, 5.74) is 4.95. The fourth-order valence-electron chi connectivity index (χ4n) is 7.31. The molecule has 2 saturated heterocycles. The van der Waals surface area contributed by atoms with Crippen LogP contribution in [-0.4, -0.2) is 48.0 Å². The maximum atomic E-state index is 14.4. The van der Waals surface area contributed by atoms with Crippen LogP contribution in [0.25, 0.3) is 0 Å². The van der Waals surface area contributed by atoms with Crippen molar-refractivity contribution in [3.8, 4) is 0 Å². The lowest BCUT2D eigenvalue weighted by atomic mass is 9.68. The molecule has 4 heterocycles. The maximum Gasteiger partial charge on any atom is 0.233 e. The second kappa shape index (κ2) is 9.79. The first kappa shape index (κ1) is 23.5. The number of carbonyl (C=O) groups excluding carboxylic acids is 1. The average Bonchev–Trinajstić information content (AvgIpc) is 3.28. The van der Waals surface area contributed by atoms with Gasteiger partial charge in [0.05, 0.1) is 25.3 Å². The number of benzene rings is 1. The number of nitrogens with two attached hydrogens (primary N) is 2. The van der Waals surface area contributed by atoms with Crippen molar-refractivity contribution in [2.75, 3.05) is 26.2 Å². The van der Waals surface area contributed by atoms with Crippen molar-refractivity contribution in [3.05, 3.63) is 65.0 Å². The number of carbonyl (C=O) groups is 1. The topological polar surface area (TPSA) is 66.4 Å². The van der Waals surface area contributed by atoms with Crippen LogP contribution in [0.3, 0.4) is 0 Å². The number of hydrogen-bond acceptors (Lipinski definition) is 2. The summed E-state index contributed by atoms with van der Waals surface area (Å²) in [6.45, 7) is 11.4. The molecule has 0 bridgehead atoms. The number of likely N-dealkylation sites (tertiary alicyclic amines) is 1. The Bertz CT molecular complexity index is 1000. The van der Waals surface area contributed by atoms with E-state index < -0.39 is 0 Å². The number of aryl methyl sites for hydroxylation is 1. The first-order valence-corrected chi connectivity index (χ1v) is 13.5. The fraction of sp³-hybridized carbons (Fsp3) is 0.586. The molecule has 2 aromatic rings. The van der Waals surface area contributed by atoms with E-state index in [0.717, 1.165) is 64.1 Å². The Morgan fingerprint density at radius 2 is 1.88 bits per heavy atom. The minimum atomic E-state index is -0.0971. The molecule has 3 aliphatic heterocycles. The van der Waals surface area contributed by atoms with Gasteiger partial charge in [-0.25, -0.2) is 0 Å². The van der Waals surface area contributed by atoms with Gasteiger partial charge in [-0.15, -0.1) is 0 Å². The van der Waals surface area contributed by atoms with Crippen LogP contribution in [0.2, 0.25) is 0 Å². The van der Waals surface area contributed by atoms with E-state index in [9.17, 15) is 4.79 Å². The van der Waals surface area contributed by atoms with Gasteiger partial charge in [-0.1, -0.05) is 63.1 Å². The van der Waals surface area contributed by atoms with Gasteiger partial charge in [0.15, 0.2) is 0 Å². The van der Waals surface area contributed by atoms with E-state index in [-0.39, 0.29) is 11.3 Å². The summed E-state index contributed by atoms with van der Waals surface area (Å²) in [5.74, 6) is 1.55. The molecule has 3 aliphatic rings. The van der Waals surface area contributed by atoms with Crippen molar-refractivity contribution < 1.29 is 15.4 Å². The van der Waals surface area contributed by atoms with Gasteiger partial charge in [0.1, 0.15) is 17.9 Å². The largest absolute Gasteiger partial charge is 0.345 e. The maximum absolute atomic E-state index is 14.4. The lowest BCUT2D eigenvalue weighted by Crippen LogP contribution is -2.91. The van der Waals surface area contributed by atoms with Crippen LogP contribution in [0.5, 0.6) is 0 Å². The van der Waals surface area contributed by atoms with Crippen LogP contribution in [0.15, 0.2) is 42.5 Å². The van der Waals surface area contributed by atoms with Crippen LogP contribution in [0, 0.1) is 18.8 Å². The highest BCUT2D eigenvalue weighted by molar-refractivity contribution is 5.82. The SMILES string of the molecule is CCC(CC)[C@@H]1C[C@H](c2ccccc2)CCN1C(=O)[C@@H]1C[NH2+]C[C@]12C[NH2+]Cc1nc(C)ccc12. The van der Waals surface area contributed by atoms with Crippen molar-refractivity contribution in [1.82, 2.24) is 9.88 Å². The normalized spacial score (nSPS) is 28.9. The molecule has 0 unspecified atom stereocenters. The number of pyridine rings is 1. The minimum absolute atomic E-state index is 0.0393. The van der Waals surface area contributed by atoms with E-state index in [2.05, 4.69) is 78.8 Å². The standard InChI is InChI=1S/C29H40N4O/c1-4-21(5-2)27-15-23(22-9-7-6-8-10-22)13-14-33(27)28(34)25-16-30-18-29(25)19-31-17-26-24(29)12-11-20(3)32-26/h6-12,21,23,25,27,30-31H,4-5,13-19H2,1-3H3/p+2/t23-,25+,27+,29-/m1/s1. The minimum Gasteiger partial charge on any atom is -0.345 e. The third-order valence-electron chi connectivity index (χ3n) is 9.16. The molecule has 182 valence electrons. The number of rotatable bonds is 5. The van der Waals surface area contributed by atoms with E-state index in [1.54, 1.807) is 0 Å². The van der Waals surface area contributed by atoms with Crippen LogP contribution < -0.4 is 10.6 Å². The van der Waals surface area contributed by atoms with Gasteiger partial charge in [-0.2, -0.15) is 0 Å². The number of amides is 1. The Labute approximate surface area is 204 Å². The van der Waals surface area contributed by atoms with Gasteiger partial charge in [0.2, 0.25) is 5.91 Å². The highest BCUT2D eigenvalue weighted by Crippen LogP contribution is 2.41. The van der Waals surface area contributed by atoms with E-state index in [0.29, 0.717) is 23.8 Å². The van der Waals surface area contributed by atoms with Gasteiger partial charge in [-0.05, 0) is 48.8 Å². The monoisotopic (exact) mass is 462 g/mol. The van der Waals surface area contributed by atoms with Gasteiger partial charge in [0.25, 0.3) is 0 Å². The Morgan fingerprint density at radius 3 is 2.65 bits per heavy atom. The molecule has 4 atom stereocenters. The quantitative estimate of drug-likeness (QED) is 0.715. The highest BCUT2D eigenvalue weighted by Gasteiger charge is 2.57. The Hall–Kier alpha value is -2.24. The number of hydrogen-bond donors (Lipinski definition) is 2. The number of fused-ring (bicyclic) bond motifs is 2. The summed E-state index contributed by atoms with van der Waals surface area (Å²) < 4.78 is 0. The Kier molecular flexibility index (Phi) is 6.76. The molecule has 1 aromatic heterocycles. The van der Waals surface area contributed by atoms with Gasteiger partial charge in [-0.3, -0.25) is 9.78 Å². The predicted molar refractivity (Wildman–Crippen MR) is 134 cm³/mol. The van der Waals surface area contributed by atoms with Crippen molar-refractivity contribution >= 4 is 5.91 Å². The third kappa shape index (κ3) is 4.07. The molecular weight excluding hydrogens is 420 g/mol. The molecule has 0 saturated carbocycles. The van der Waals surface area contributed by atoms with Crippen molar-refractivity contribution in [1.29, 1.82) is 0 Å². The summed E-state index contributed by atoms with van der Waals surface area (Å²) in [6, 6.07) is 15.7. The summed E-state index contributed by atoms with van der Waals surface area (Å²) in [7, 11) is 0. The molecule has 1 spiro atoms. The van der Waals surface area contributed by atoms with Crippen molar-refractivity contribution in [2.45, 2.75) is 70.4 Å². The highest BCUT2D eigenvalue weighted by atomic mass is 16.2. The Balaban J connectivity index is 1.45. The molecule has 4 N–H and O–H groups in total. The van der Waals surface area contributed by atoms with Crippen molar-refractivity contribution in [2.24, 2.45) is 11.8 Å². The van der Waals surface area contributed by atoms with Crippen LogP contribution in [0.4, 0.5) is 0 Å². The molecule has 5 nitrogen and oxygen atoms in total. The zero-order chi connectivity index (χ0) is 23.7. The lowest BCUT2D eigenvalue weighted by Gasteiger charge is -2.46. The molecule has 0 aliphatic carbocycles. The zero-order valence-corrected chi connectivity index (χ0v) is 21.2. The molecule has 5 heteroatoms. The smallest absolute Gasteiger partial charge is 0.233 e. The van der Waals surface area contributed by atoms with E-state index in [4.69, 9.17) is 4.98 Å². The predicted octanol–water partition coefficient (Wildman–Crippen LogP) is 2.11. The molecular formula is C29H42N4O+2. The van der Waals surface area contributed by atoms with Gasteiger partial charge < -0.3 is 15.5 Å². The molecule has 2 fully saturated rings. The summed E-state index contributed by atoms with van der Waals surface area (Å²) in [5, 5.41) is 4.77. The molecule has 5 rings (SSSR count). The Morgan fingerprint density at radius 1 is 1.12 bits per heavy atom. The number of quaternary nitrogens is 2. The van der Waals surface area contributed by atoms with E-state index in [1.165, 1.54) is 16.8 Å². The van der Waals surface area contributed by atoms with Crippen LogP contribution >= 0.6 is 0 Å². The summed E-state index contributed by atoms with van der Waals surface area (Å²) >= 11 is 0.